The number of para-hydroxylation sites is 1. The molecule has 23 heavy (non-hydrogen) atoms. The summed E-state index contributed by atoms with van der Waals surface area (Å²) in [6.45, 7) is 0. The van der Waals surface area contributed by atoms with E-state index in [-0.39, 0.29) is 5.69 Å². The van der Waals surface area contributed by atoms with Crippen LogP contribution in [0.2, 0.25) is 0 Å². The molecule has 1 aromatic heterocycles. The van der Waals surface area contributed by atoms with Crippen LogP contribution in [0.4, 0.5) is 5.69 Å². The van der Waals surface area contributed by atoms with Gasteiger partial charge in [0.2, 0.25) is 0 Å². The van der Waals surface area contributed by atoms with E-state index in [9.17, 15) is 19.7 Å². The number of nitrogens with zero attached hydrogens (tertiary/aromatic N) is 3. The molecule has 8 heteroatoms. The summed E-state index contributed by atoms with van der Waals surface area (Å²) in [4.78, 5) is 37.0. The van der Waals surface area contributed by atoms with Crippen molar-refractivity contribution in [3.05, 3.63) is 85.0 Å². The van der Waals surface area contributed by atoms with Gasteiger partial charge in [-0.05, 0) is 12.1 Å². The summed E-state index contributed by atoms with van der Waals surface area (Å²) in [7, 11) is 0. The van der Waals surface area contributed by atoms with Crippen LogP contribution in [0.3, 0.4) is 0 Å². The maximum Gasteiger partial charge on any atom is 0.349 e. The van der Waals surface area contributed by atoms with Gasteiger partial charge in [-0.2, -0.15) is 5.10 Å². The lowest BCUT2D eigenvalue weighted by Crippen LogP contribution is -2.32. The van der Waals surface area contributed by atoms with Gasteiger partial charge in [0.1, 0.15) is 0 Å². The molecule has 0 aliphatic rings. The third-order valence-corrected chi connectivity index (χ3v) is 3.19. The molecule has 3 rings (SSSR count). The smallest absolute Gasteiger partial charge is 0.305 e. The van der Waals surface area contributed by atoms with Crippen LogP contribution in [0.1, 0.15) is 5.56 Å². The first kappa shape index (κ1) is 14.4. The van der Waals surface area contributed by atoms with Gasteiger partial charge in [-0.3, -0.25) is 14.9 Å². The van der Waals surface area contributed by atoms with E-state index >= 15 is 0 Å². The molecule has 0 unspecified atom stereocenters. The number of nitro groups is 1. The predicted molar refractivity (Wildman–Crippen MR) is 84.9 cm³/mol. The number of hydrogen-bond donors (Lipinski definition) is 1. The molecule has 0 radical (unpaired) electrons. The Hall–Kier alpha value is -3.55. The zero-order chi connectivity index (χ0) is 16.4. The fraction of sp³-hybridized carbons (Fsp3) is 0. The van der Waals surface area contributed by atoms with Crippen LogP contribution in [-0.2, 0) is 0 Å². The fourth-order valence-electron chi connectivity index (χ4n) is 2.10. The average Bonchev–Trinajstić information content (AvgIpc) is 2.55. The minimum Gasteiger partial charge on any atom is -0.305 e. The van der Waals surface area contributed by atoms with Crippen LogP contribution in [-0.4, -0.2) is 20.8 Å². The van der Waals surface area contributed by atoms with Crippen LogP contribution in [0.15, 0.2) is 63.2 Å². The fourth-order valence-corrected chi connectivity index (χ4v) is 2.10. The van der Waals surface area contributed by atoms with Crippen molar-refractivity contribution in [2.75, 3.05) is 0 Å². The number of non-ortho nitro benzene ring substituents is 1. The van der Waals surface area contributed by atoms with Crippen molar-refractivity contribution in [3.63, 3.8) is 0 Å². The van der Waals surface area contributed by atoms with Gasteiger partial charge in [-0.15, -0.1) is 4.68 Å². The Morgan fingerprint density at radius 1 is 1.13 bits per heavy atom. The van der Waals surface area contributed by atoms with Gasteiger partial charge in [-0.25, -0.2) is 4.79 Å². The molecule has 0 spiro atoms. The van der Waals surface area contributed by atoms with Gasteiger partial charge in [-0.1, -0.05) is 24.3 Å². The van der Waals surface area contributed by atoms with Crippen LogP contribution in [0, 0.1) is 10.1 Å². The third-order valence-electron chi connectivity index (χ3n) is 3.19. The molecule has 114 valence electrons. The Morgan fingerprint density at radius 3 is 2.70 bits per heavy atom. The molecule has 2 aromatic carbocycles. The standard InChI is InChI=1S/C15H10N4O4/c20-14-12-6-1-2-7-13(12)17-15(21)18(14)16-9-10-4-3-5-11(8-10)19(22)23/h1-9H,(H,17,21)/b16-9+. The van der Waals surface area contributed by atoms with E-state index in [2.05, 4.69) is 10.1 Å². The monoisotopic (exact) mass is 310 g/mol. The maximum absolute atomic E-state index is 12.3. The number of hydrogen-bond acceptors (Lipinski definition) is 5. The minimum atomic E-state index is -0.685. The Labute approximate surface area is 128 Å². The van der Waals surface area contributed by atoms with Crippen molar-refractivity contribution in [1.29, 1.82) is 0 Å². The second kappa shape index (κ2) is 5.68. The summed E-state index contributed by atoms with van der Waals surface area (Å²) in [6, 6.07) is 12.3. The average molecular weight is 310 g/mol. The van der Waals surface area contributed by atoms with Crippen LogP contribution in [0.25, 0.3) is 10.9 Å². The quantitative estimate of drug-likeness (QED) is 0.448. The number of aromatic nitrogens is 2. The zero-order valence-corrected chi connectivity index (χ0v) is 11.7. The topological polar surface area (TPSA) is 110 Å². The van der Waals surface area contributed by atoms with Crippen LogP contribution < -0.4 is 11.2 Å². The first-order chi connectivity index (χ1) is 11.1. The molecule has 0 aliphatic carbocycles. The molecule has 0 amide bonds. The number of fused-ring (bicyclic) bond motifs is 1. The molecule has 3 aromatic rings. The molecular weight excluding hydrogens is 300 g/mol. The SMILES string of the molecule is O=c1[nH]c2ccccc2c(=O)n1/N=C/c1cccc([N+](=O)[O-])c1. The number of nitrogens with one attached hydrogen (secondary N) is 1. The van der Waals surface area contributed by atoms with E-state index in [0.29, 0.717) is 21.1 Å². The Kier molecular flexibility index (Phi) is 3.55. The van der Waals surface area contributed by atoms with E-state index in [1.807, 2.05) is 0 Å². The summed E-state index contributed by atoms with van der Waals surface area (Å²) >= 11 is 0. The number of nitro benzene ring substituents is 1. The maximum atomic E-state index is 12.3. The number of rotatable bonds is 3. The number of aromatic amines is 1. The first-order valence-corrected chi connectivity index (χ1v) is 6.59. The highest BCUT2D eigenvalue weighted by Crippen LogP contribution is 2.11. The highest BCUT2D eigenvalue weighted by molar-refractivity contribution is 5.81. The Morgan fingerprint density at radius 2 is 1.91 bits per heavy atom. The van der Waals surface area contributed by atoms with Gasteiger partial charge < -0.3 is 4.98 Å². The summed E-state index contributed by atoms with van der Waals surface area (Å²) < 4.78 is 0.682. The minimum absolute atomic E-state index is 0.103. The molecule has 0 atom stereocenters. The highest BCUT2D eigenvalue weighted by atomic mass is 16.6. The Bertz CT molecular complexity index is 1050. The van der Waals surface area contributed by atoms with Crippen molar-refractivity contribution in [2.45, 2.75) is 0 Å². The molecule has 1 heterocycles. The lowest BCUT2D eigenvalue weighted by Gasteiger charge is -2.00. The molecule has 1 N–H and O–H groups in total. The van der Waals surface area contributed by atoms with Crippen molar-refractivity contribution in [1.82, 2.24) is 9.66 Å². The summed E-state index contributed by atoms with van der Waals surface area (Å²) in [5.41, 5.74) is -0.530. The third kappa shape index (κ3) is 2.77. The van der Waals surface area contributed by atoms with Gasteiger partial charge in [0, 0.05) is 17.7 Å². The number of H-pyrrole nitrogens is 1. The van der Waals surface area contributed by atoms with Gasteiger partial charge in [0.25, 0.3) is 11.2 Å². The van der Waals surface area contributed by atoms with Gasteiger partial charge in [0.15, 0.2) is 0 Å². The second-order valence-electron chi connectivity index (χ2n) is 4.69. The van der Waals surface area contributed by atoms with E-state index < -0.39 is 16.2 Å². The first-order valence-electron chi connectivity index (χ1n) is 6.59. The largest absolute Gasteiger partial charge is 0.349 e. The highest BCUT2D eigenvalue weighted by Gasteiger charge is 2.07. The van der Waals surface area contributed by atoms with E-state index in [1.54, 1.807) is 30.3 Å². The summed E-state index contributed by atoms with van der Waals surface area (Å²) in [5.74, 6) is 0. The predicted octanol–water partition coefficient (Wildman–Crippen LogP) is 1.48. The van der Waals surface area contributed by atoms with Crippen LogP contribution in [0.5, 0.6) is 0 Å². The normalized spacial score (nSPS) is 11.1. The van der Waals surface area contributed by atoms with E-state index in [0.717, 1.165) is 0 Å². The van der Waals surface area contributed by atoms with Crippen molar-refractivity contribution in [2.24, 2.45) is 5.10 Å². The lowest BCUT2D eigenvalue weighted by atomic mass is 10.2. The van der Waals surface area contributed by atoms with Crippen LogP contribution >= 0.6 is 0 Å². The second-order valence-corrected chi connectivity index (χ2v) is 4.69. The molecule has 0 saturated carbocycles. The molecule has 0 aliphatic heterocycles. The van der Waals surface area contributed by atoms with Crippen molar-refractivity contribution in [3.8, 4) is 0 Å². The van der Waals surface area contributed by atoms with E-state index in [1.165, 1.54) is 24.4 Å². The van der Waals surface area contributed by atoms with Crippen molar-refractivity contribution < 1.29 is 4.92 Å². The lowest BCUT2D eigenvalue weighted by molar-refractivity contribution is -0.384. The zero-order valence-electron chi connectivity index (χ0n) is 11.7. The van der Waals surface area contributed by atoms with Gasteiger partial charge in [0.05, 0.1) is 22.0 Å². The Balaban J connectivity index is 2.08. The summed E-state index contributed by atoms with van der Waals surface area (Å²) in [6.07, 6.45) is 1.22. The molecular formula is C15H10N4O4. The van der Waals surface area contributed by atoms with Crippen molar-refractivity contribution >= 4 is 22.8 Å². The van der Waals surface area contributed by atoms with E-state index in [4.69, 9.17) is 0 Å². The molecule has 8 nitrogen and oxygen atoms in total. The van der Waals surface area contributed by atoms with Gasteiger partial charge >= 0.3 is 5.69 Å². The molecule has 0 fully saturated rings. The number of benzene rings is 2. The molecule has 0 saturated heterocycles. The summed E-state index contributed by atoms with van der Waals surface area (Å²) in [5, 5.41) is 14.9. The molecule has 0 bridgehead atoms.